The summed E-state index contributed by atoms with van der Waals surface area (Å²) in [7, 11) is 0. The maximum atomic E-state index is 12.2. The second-order valence-corrected chi connectivity index (χ2v) is 4.87. The molecule has 0 spiro atoms. The van der Waals surface area contributed by atoms with Gasteiger partial charge in [-0.1, -0.05) is 0 Å². The van der Waals surface area contributed by atoms with E-state index in [9.17, 15) is 4.79 Å². The van der Waals surface area contributed by atoms with Crippen molar-refractivity contribution in [2.24, 2.45) is 0 Å². The molecule has 0 radical (unpaired) electrons. The molecule has 1 aromatic heterocycles. The summed E-state index contributed by atoms with van der Waals surface area (Å²) in [4.78, 5) is 14.0. The third kappa shape index (κ3) is 3.03. The maximum absolute atomic E-state index is 12.2. The van der Waals surface area contributed by atoms with Gasteiger partial charge < -0.3 is 14.6 Å². The number of hydrogen-bond acceptors (Lipinski definition) is 3. The van der Waals surface area contributed by atoms with Gasteiger partial charge in [-0.2, -0.15) is 0 Å². The van der Waals surface area contributed by atoms with E-state index in [0.29, 0.717) is 16.5 Å². The summed E-state index contributed by atoms with van der Waals surface area (Å²) in [6, 6.07) is 3.94. The molecule has 4 nitrogen and oxygen atoms in total. The SMILES string of the molecule is CC1NCCN(C(=O)c2ccc(Br)o2)C1C.Cl. The zero-order chi connectivity index (χ0) is 11.7. The minimum atomic E-state index is -0.0356. The Morgan fingerprint density at radius 2 is 2.24 bits per heavy atom. The van der Waals surface area contributed by atoms with Crippen LogP contribution >= 0.6 is 28.3 Å². The van der Waals surface area contributed by atoms with E-state index in [2.05, 4.69) is 28.2 Å². The quantitative estimate of drug-likeness (QED) is 0.862. The summed E-state index contributed by atoms with van der Waals surface area (Å²) >= 11 is 3.20. The van der Waals surface area contributed by atoms with Gasteiger partial charge in [0.15, 0.2) is 10.4 Å². The van der Waals surface area contributed by atoms with Gasteiger partial charge in [0.25, 0.3) is 5.91 Å². The van der Waals surface area contributed by atoms with Gasteiger partial charge in [-0.15, -0.1) is 12.4 Å². The van der Waals surface area contributed by atoms with Gasteiger partial charge in [0.2, 0.25) is 0 Å². The summed E-state index contributed by atoms with van der Waals surface area (Å²) in [5.74, 6) is 0.361. The molecule has 1 saturated heterocycles. The Kier molecular flexibility index (Phi) is 5.04. The predicted octanol–water partition coefficient (Wildman–Crippen LogP) is 2.29. The van der Waals surface area contributed by atoms with E-state index in [4.69, 9.17) is 4.42 Å². The van der Waals surface area contributed by atoms with Crippen molar-refractivity contribution in [2.75, 3.05) is 13.1 Å². The summed E-state index contributed by atoms with van der Waals surface area (Å²) in [6.07, 6.45) is 0. The lowest BCUT2D eigenvalue weighted by atomic mass is 10.1. The molecule has 0 aromatic carbocycles. The zero-order valence-corrected chi connectivity index (χ0v) is 12.2. The molecule has 96 valence electrons. The number of furan rings is 1. The molecule has 6 heteroatoms. The van der Waals surface area contributed by atoms with Crippen molar-refractivity contribution in [3.8, 4) is 0 Å². The Morgan fingerprint density at radius 3 is 2.82 bits per heavy atom. The van der Waals surface area contributed by atoms with Crippen LogP contribution in [0.4, 0.5) is 0 Å². The highest BCUT2D eigenvalue weighted by Gasteiger charge is 2.30. The standard InChI is InChI=1S/C11H15BrN2O2.ClH/c1-7-8(2)14(6-5-13-7)11(15)9-3-4-10(12)16-9;/h3-4,7-8,13H,5-6H2,1-2H3;1H. The number of carbonyl (C=O) groups excluding carboxylic acids is 1. The van der Waals surface area contributed by atoms with Crippen LogP contribution in [0, 0.1) is 0 Å². The normalized spacial score (nSPS) is 24.3. The smallest absolute Gasteiger partial charge is 0.289 e. The lowest BCUT2D eigenvalue weighted by Gasteiger charge is -2.38. The van der Waals surface area contributed by atoms with Crippen LogP contribution in [0.1, 0.15) is 24.4 Å². The Labute approximate surface area is 115 Å². The molecule has 1 N–H and O–H groups in total. The van der Waals surface area contributed by atoms with Crippen LogP contribution in [0.2, 0.25) is 0 Å². The van der Waals surface area contributed by atoms with E-state index in [1.165, 1.54) is 0 Å². The third-order valence-corrected chi connectivity index (χ3v) is 3.51. The molecule has 2 rings (SSSR count). The maximum Gasteiger partial charge on any atom is 0.289 e. The molecule has 1 fully saturated rings. The number of halogens is 2. The predicted molar refractivity (Wildman–Crippen MR) is 71.6 cm³/mol. The van der Waals surface area contributed by atoms with Crippen molar-refractivity contribution in [1.82, 2.24) is 10.2 Å². The Hall–Kier alpha value is -0.520. The fourth-order valence-electron chi connectivity index (χ4n) is 1.91. The number of hydrogen-bond donors (Lipinski definition) is 1. The van der Waals surface area contributed by atoms with Crippen molar-refractivity contribution in [3.63, 3.8) is 0 Å². The lowest BCUT2D eigenvalue weighted by molar-refractivity contribution is 0.0569. The second-order valence-electron chi connectivity index (χ2n) is 4.09. The molecular weight excluding hydrogens is 307 g/mol. The molecule has 1 aliphatic heterocycles. The van der Waals surface area contributed by atoms with Crippen molar-refractivity contribution in [1.29, 1.82) is 0 Å². The summed E-state index contributed by atoms with van der Waals surface area (Å²) < 4.78 is 5.88. The Balaban J connectivity index is 0.00000144. The number of nitrogens with one attached hydrogen (secondary N) is 1. The zero-order valence-electron chi connectivity index (χ0n) is 9.77. The van der Waals surface area contributed by atoms with E-state index in [1.807, 2.05) is 11.8 Å². The first kappa shape index (κ1) is 14.5. The molecule has 2 atom stereocenters. The largest absolute Gasteiger partial charge is 0.444 e. The van der Waals surface area contributed by atoms with Crippen LogP contribution in [0.15, 0.2) is 21.2 Å². The van der Waals surface area contributed by atoms with E-state index < -0.39 is 0 Å². The fourth-order valence-corrected chi connectivity index (χ4v) is 2.22. The van der Waals surface area contributed by atoms with Crippen molar-refractivity contribution >= 4 is 34.2 Å². The average molecular weight is 324 g/mol. The number of piperazine rings is 1. The Bertz CT molecular complexity index is 397. The molecule has 1 amide bonds. The second kappa shape index (κ2) is 5.89. The summed E-state index contributed by atoms with van der Waals surface area (Å²) in [5.41, 5.74) is 0. The van der Waals surface area contributed by atoms with Gasteiger partial charge in [-0.05, 0) is 41.9 Å². The molecule has 2 unspecified atom stereocenters. The van der Waals surface area contributed by atoms with Crippen LogP contribution in [0.3, 0.4) is 0 Å². The molecule has 0 saturated carbocycles. The van der Waals surface area contributed by atoms with Crippen LogP contribution in [0.5, 0.6) is 0 Å². The summed E-state index contributed by atoms with van der Waals surface area (Å²) in [6.45, 7) is 5.69. The van der Waals surface area contributed by atoms with Crippen LogP contribution in [0.25, 0.3) is 0 Å². The topological polar surface area (TPSA) is 45.5 Å². The van der Waals surface area contributed by atoms with E-state index >= 15 is 0 Å². The average Bonchev–Trinajstić information content (AvgIpc) is 2.68. The third-order valence-electron chi connectivity index (χ3n) is 3.08. The minimum absolute atomic E-state index is 0. The van der Waals surface area contributed by atoms with Gasteiger partial charge in [0.1, 0.15) is 0 Å². The number of rotatable bonds is 1. The monoisotopic (exact) mass is 322 g/mol. The van der Waals surface area contributed by atoms with E-state index in [0.717, 1.165) is 13.1 Å². The lowest BCUT2D eigenvalue weighted by Crippen LogP contribution is -2.57. The fraction of sp³-hybridized carbons (Fsp3) is 0.545. The molecule has 1 aromatic rings. The molecular formula is C11H16BrClN2O2. The number of amides is 1. The van der Waals surface area contributed by atoms with Crippen LogP contribution < -0.4 is 5.32 Å². The highest BCUT2D eigenvalue weighted by Crippen LogP contribution is 2.18. The van der Waals surface area contributed by atoms with Crippen LogP contribution in [-0.4, -0.2) is 36.0 Å². The molecule has 1 aliphatic rings. The summed E-state index contributed by atoms with van der Waals surface area (Å²) in [5, 5.41) is 3.34. The van der Waals surface area contributed by atoms with Crippen molar-refractivity contribution in [2.45, 2.75) is 25.9 Å². The minimum Gasteiger partial charge on any atom is -0.444 e. The Morgan fingerprint density at radius 1 is 1.53 bits per heavy atom. The number of nitrogens with zero attached hydrogens (tertiary/aromatic N) is 1. The van der Waals surface area contributed by atoms with Gasteiger partial charge in [0.05, 0.1) is 0 Å². The van der Waals surface area contributed by atoms with Gasteiger partial charge in [-0.25, -0.2) is 0 Å². The first-order valence-electron chi connectivity index (χ1n) is 5.39. The van der Waals surface area contributed by atoms with E-state index in [-0.39, 0.29) is 24.4 Å². The van der Waals surface area contributed by atoms with E-state index in [1.54, 1.807) is 12.1 Å². The molecule has 0 bridgehead atoms. The van der Waals surface area contributed by atoms with Crippen molar-refractivity contribution in [3.05, 3.63) is 22.6 Å². The van der Waals surface area contributed by atoms with Gasteiger partial charge in [0, 0.05) is 25.2 Å². The molecule has 17 heavy (non-hydrogen) atoms. The van der Waals surface area contributed by atoms with Gasteiger partial charge in [-0.3, -0.25) is 4.79 Å². The first-order chi connectivity index (χ1) is 7.59. The van der Waals surface area contributed by atoms with Gasteiger partial charge >= 0.3 is 0 Å². The highest BCUT2D eigenvalue weighted by molar-refractivity contribution is 9.10. The van der Waals surface area contributed by atoms with Crippen molar-refractivity contribution < 1.29 is 9.21 Å². The molecule has 0 aliphatic carbocycles. The van der Waals surface area contributed by atoms with Crippen LogP contribution in [-0.2, 0) is 0 Å². The highest BCUT2D eigenvalue weighted by atomic mass is 79.9. The number of carbonyl (C=O) groups is 1. The molecule has 2 heterocycles. The first-order valence-corrected chi connectivity index (χ1v) is 6.18.